The van der Waals surface area contributed by atoms with Crippen LogP contribution in [0.3, 0.4) is 0 Å². The molecule has 1 aromatic rings. The van der Waals surface area contributed by atoms with Crippen molar-refractivity contribution >= 4 is 5.82 Å². The van der Waals surface area contributed by atoms with E-state index in [1.54, 1.807) is 6.07 Å². The Bertz CT molecular complexity index is 318. The number of hydrogen-bond acceptors (Lipinski definition) is 3. The van der Waals surface area contributed by atoms with Gasteiger partial charge in [-0.3, -0.25) is 0 Å². The second-order valence-corrected chi connectivity index (χ2v) is 4.52. The minimum absolute atomic E-state index is 0.297. The summed E-state index contributed by atoms with van der Waals surface area (Å²) in [6.07, 6.45) is 5.82. The van der Waals surface area contributed by atoms with Crippen LogP contribution in [0, 0.1) is 11.7 Å². The summed E-state index contributed by atoms with van der Waals surface area (Å²) in [6.45, 7) is 0.908. The molecule has 1 aliphatic carbocycles. The summed E-state index contributed by atoms with van der Waals surface area (Å²) in [4.78, 5) is 3.97. The molecule has 3 N–H and O–H groups in total. The summed E-state index contributed by atoms with van der Waals surface area (Å²) in [5.41, 5.74) is 5.85. The van der Waals surface area contributed by atoms with Crippen molar-refractivity contribution in [2.45, 2.75) is 31.7 Å². The molecule has 3 nitrogen and oxygen atoms in total. The van der Waals surface area contributed by atoms with E-state index in [1.165, 1.54) is 25.1 Å². The average Bonchev–Trinajstić information content (AvgIpc) is 2.30. The van der Waals surface area contributed by atoms with Gasteiger partial charge < -0.3 is 11.1 Å². The first-order valence-electron chi connectivity index (χ1n) is 5.85. The van der Waals surface area contributed by atoms with Crippen molar-refractivity contribution in [1.29, 1.82) is 0 Å². The molecule has 0 spiro atoms. The molecule has 0 amide bonds. The molecule has 1 aliphatic rings. The van der Waals surface area contributed by atoms with E-state index in [0.717, 1.165) is 25.2 Å². The Morgan fingerprint density at radius 3 is 2.69 bits per heavy atom. The Hall–Kier alpha value is -1.16. The summed E-state index contributed by atoms with van der Waals surface area (Å²) < 4.78 is 12.6. The molecule has 1 fully saturated rings. The lowest BCUT2D eigenvalue weighted by Gasteiger charge is -2.26. The SMILES string of the molecule is NC1CCC(CNc2ccc(F)cn2)CC1. The van der Waals surface area contributed by atoms with E-state index in [-0.39, 0.29) is 5.82 Å². The summed E-state index contributed by atoms with van der Waals surface area (Å²) in [7, 11) is 0. The number of pyridine rings is 1. The Kier molecular flexibility index (Phi) is 3.72. The van der Waals surface area contributed by atoms with E-state index >= 15 is 0 Å². The first kappa shape index (κ1) is 11.3. The van der Waals surface area contributed by atoms with Gasteiger partial charge in [0.2, 0.25) is 0 Å². The van der Waals surface area contributed by atoms with Crippen LogP contribution in [-0.2, 0) is 0 Å². The highest BCUT2D eigenvalue weighted by molar-refractivity contribution is 5.33. The summed E-state index contributed by atoms with van der Waals surface area (Å²) in [5, 5.41) is 3.24. The molecular weight excluding hydrogens is 205 g/mol. The predicted octanol–water partition coefficient (Wildman–Crippen LogP) is 2.15. The predicted molar refractivity (Wildman–Crippen MR) is 62.6 cm³/mol. The van der Waals surface area contributed by atoms with Crippen molar-refractivity contribution in [3.63, 3.8) is 0 Å². The summed E-state index contributed by atoms with van der Waals surface area (Å²) in [5.74, 6) is 1.12. The molecule has 0 unspecified atom stereocenters. The van der Waals surface area contributed by atoms with Crippen molar-refractivity contribution in [2.75, 3.05) is 11.9 Å². The van der Waals surface area contributed by atoms with E-state index in [2.05, 4.69) is 10.3 Å². The number of nitrogens with zero attached hydrogens (tertiary/aromatic N) is 1. The third kappa shape index (κ3) is 3.17. The van der Waals surface area contributed by atoms with Crippen molar-refractivity contribution in [3.05, 3.63) is 24.1 Å². The number of nitrogens with one attached hydrogen (secondary N) is 1. The second-order valence-electron chi connectivity index (χ2n) is 4.52. The molecule has 4 heteroatoms. The number of rotatable bonds is 3. The maximum absolute atomic E-state index is 12.6. The average molecular weight is 223 g/mol. The van der Waals surface area contributed by atoms with Crippen LogP contribution in [0.25, 0.3) is 0 Å². The van der Waals surface area contributed by atoms with E-state index in [9.17, 15) is 4.39 Å². The lowest BCUT2D eigenvalue weighted by atomic mass is 9.86. The zero-order valence-corrected chi connectivity index (χ0v) is 9.32. The van der Waals surface area contributed by atoms with Crippen LogP contribution in [0.4, 0.5) is 10.2 Å². The van der Waals surface area contributed by atoms with E-state index in [4.69, 9.17) is 5.73 Å². The smallest absolute Gasteiger partial charge is 0.141 e. The van der Waals surface area contributed by atoms with Gasteiger partial charge in [0.15, 0.2) is 0 Å². The Morgan fingerprint density at radius 1 is 1.31 bits per heavy atom. The maximum Gasteiger partial charge on any atom is 0.141 e. The number of hydrogen-bond donors (Lipinski definition) is 2. The number of anilines is 1. The first-order chi connectivity index (χ1) is 7.74. The molecule has 0 radical (unpaired) electrons. The second kappa shape index (κ2) is 5.25. The molecule has 0 aromatic carbocycles. The van der Waals surface area contributed by atoms with Gasteiger partial charge in [-0.25, -0.2) is 9.37 Å². The van der Waals surface area contributed by atoms with Crippen molar-refractivity contribution in [3.8, 4) is 0 Å². The Morgan fingerprint density at radius 2 is 2.06 bits per heavy atom. The van der Waals surface area contributed by atoms with Crippen molar-refractivity contribution < 1.29 is 4.39 Å². The fraction of sp³-hybridized carbons (Fsp3) is 0.583. The van der Waals surface area contributed by atoms with Gasteiger partial charge in [-0.05, 0) is 43.7 Å². The molecule has 2 rings (SSSR count). The van der Waals surface area contributed by atoms with Gasteiger partial charge in [-0.2, -0.15) is 0 Å². The van der Waals surface area contributed by atoms with E-state index in [0.29, 0.717) is 12.0 Å². The minimum atomic E-state index is -0.297. The van der Waals surface area contributed by atoms with Crippen LogP contribution >= 0.6 is 0 Å². The molecule has 0 aliphatic heterocycles. The van der Waals surface area contributed by atoms with E-state index < -0.39 is 0 Å². The van der Waals surface area contributed by atoms with Gasteiger partial charge in [0, 0.05) is 12.6 Å². The van der Waals surface area contributed by atoms with Crippen LogP contribution in [0.5, 0.6) is 0 Å². The topological polar surface area (TPSA) is 50.9 Å². The van der Waals surface area contributed by atoms with Crippen LogP contribution < -0.4 is 11.1 Å². The molecule has 0 atom stereocenters. The van der Waals surface area contributed by atoms with Crippen LogP contribution in [-0.4, -0.2) is 17.6 Å². The molecule has 88 valence electrons. The Labute approximate surface area is 95.3 Å². The Balaban J connectivity index is 1.77. The van der Waals surface area contributed by atoms with E-state index in [1.807, 2.05) is 0 Å². The highest BCUT2D eigenvalue weighted by atomic mass is 19.1. The van der Waals surface area contributed by atoms with Crippen LogP contribution in [0.15, 0.2) is 18.3 Å². The minimum Gasteiger partial charge on any atom is -0.370 e. The molecule has 1 aromatic heterocycles. The monoisotopic (exact) mass is 223 g/mol. The van der Waals surface area contributed by atoms with Gasteiger partial charge in [-0.1, -0.05) is 0 Å². The normalized spacial score (nSPS) is 25.4. The number of aromatic nitrogens is 1. The molecule has 16 heavy (non-hydrogen) atoms. The lowest BCUT2D eigenvalue weighted by molar-refractivity contribution is 0.338. The number of nitrogens with two attached hydrogens (primary N) is 1. The zero-order valence-electron chi connectivity index (χ0n) is 9.32. The number of halogens is 1. The van der Waals surface area contributed by atoms with Gasteiger partial charge in [0.05, 0.1) is 6.20 Å². The fourth-order valence-corrected chi connectivity index (χ4v) is 2.12. The van der Waals surface area contributed by atoms with Gasteiger partial charge in [0.1, 0.15) is 11.6 Å². The largest absolute Gasteiger partial charge is 0.370 e. The van der Waals surface area contributed by atoms with Gasteiger partial charge >= 0.3 is 0 Å². The van der Waals surface area contributed by atoms with Crippen LogP contribution in [0.2, 0.25) is 0 Å². The molecule has 0 bridgehead atoms. The van der Waals surface area contributed by atoms with Gasteiger partial charge in [0.25, 0.3) is 0 Å². The van der Waals surface area contributed by atoms with Crippen molar-refractivity contribution in [2.24, 2.45) is 11.7 Å². The molecule has 0 saturated heterocycles. The third-order valence-electron chi connectivity index (χ3n) is 3.19. The third-order valence-corrected chi connectivity index (χ3v) is 3.19. The zero-order chi connectivity index (χ0) is 11.4. The first-order valence-corrected chi connectivity index (χ1v) is 5.85. The maximum atomic E-state index is 12.6. The van der Waals surface area contributed by atoms with Crippen molar-refractivity contribution in [1.82, 2.24) is 4.98 Å². The quantitative estimate of drug-likeness (QED) is 0.825. The highest BCUT2D eigenvalue weighted by Crippen LogP contribution is 2.23. The summed E-state index contributed by atoms with van der Waals surface area (Å²) in [6, 6.07) is 3.48. The molecular formula is C12H18FN3. The fourth-order valence-electron chi connectivity index (χ4n) is 2.12. The van der Waals surface area contributed by atoms with Gasteiger partial charge in [-0.15, -0.1) is 0 Å². The molecule has 1 saturated carbocycles. The van der Waals surface area contributed by atoms with Crippen LogP contribution in [0.1, 0.15) is 25.7 Å². The standard InChI is InChI=1S/C12H18FN3/c13-10-3-6-12(16-8-10)15-7-9-1-4-11(14)5-2-9/h3,6,8-9,11H,1-2,4-5,7,14H2,(H,15,16). The lowest BCUT2D eigenvalue weighted by Crippen LogP contribution is -2.29. The highest BCUT2D eigenvalue weighted by Gasteiger charge is 2.18. The molecule has 1 heterocycles. The summed E-state index contributed by atoms with van der Waals surface area (Å²) >= 11 is 0.